The lowest BCUT2D eigenvalue weighted by Crippen LogP contribution is -2.22. The van der Waals surface area contributed by atoms with Gasteiger partial charge in [0.2, 0.25) is 5.96 Å². The molecule has 17 heavy (non-hydrogen) atoms. The molecule has 1 aromatic carbocycles. The summed E-state index contributed by atoms with van der Waals surface area (Å²) in [6.45, 7) is 0. The number of fused-ring (bicyclic) bond motifs is 1. The summed E-state index contributed by atoms with van der Waals surface area (Å²) in [5, 5.41) is 7.71. The largest absolute Gasteiger partial charge is 0.389 e. The van der Waals surface area contributed by atoms with Crippen molar-refractivity contribution < 1.29 is 0 Å². The number of benzene rings is 1. The second-order valence-corrected chi connectivity index (χ2v) is 4.21. The molecule has 1 aliphatic carbocycles. The highest BCUT2D eigenvalue weighted by molar-refractivity contribution is 7.80. The fourth-order valence-electron chi connectivity index (χ4n) is 1.96. The Hall–Kier alpha value is -1.95. The van der Waals surface area contributed by atoms with Gasteiger partial charge in [-0.1, -0.05) is 30.4 Å². The molecule has 0 saturated heterocycles. The van der Waals surface area contributed by atoms with Crippen LogP contribution in [0, 0.1) is 0 Å². The van der Waals surface area contributed by atoms with E-state index >= 15 is 0 Å². The third kappa shape index (κ3) is 2.26. The monoisotopic (exact) mass is 247 g/mol. The van der Waals surface area contributed by atoms with Crippen molar-refractivity contribution in [3.8, 4) is 0 Å². The summed E-state index contributed by atoms with van der Waals surface area (Å²) in [5.74, 6) is -0.0450. The standard InChI is InChI=1S/C11H13N5S/c12-10(17)8-3-1-2-7-6(8)4-5-9(7)15-16-11(13)14/h1-3H,4-5H2,(H2,12,17)(H4,13,14,16). The molecule has 88 valence electrons. The van der Waals surface area contributed by atoms with Gasteiger partial charge in [-0.25, -0.2) is 0 Å². The minimum Gasteiger partial charge on any atom is -0.389 e. The van der Waals surface area contributed by atoms with Crippen molar-refractivity contribution >= 4 is 28.9 Å². The third-order valence-corrected chi connectivity index (χ3v) is 2.87. The maximum absolute atomic E-state index is 5.68. The summed E-state index contributed by atoms with van der Waals surface area (Å²) in [4.78, 5) is 0.407. The predicted molar refractivity (Wildman–Crippen MR) is 73.0 cm³/mol. The first-order valence-electron chi connectivity index (χ1n) is 5.17. The van der Waals surface area contributed by atoms with Gasteiger partial charge in [-0.2, -0.15) is 5.10 Å². The normalized spacial score (nSPS) is 15.6. The fraction of sp³-hybridized carbons (Fsp3) is 0.182. The molecule has 0 spiro atoms. The Morgan fingerprint density at radius 2 is 1.94 bits per heavy atom. The van der Waals surface area contributed by atoms with Crippen LogP contribution in [0.1, 0.15) is 23.1 Å². The van der Waals surface area contributed by atoms with E-state index in [-0.39, 0.29) is 5.96 Å². The maximum Gasteiger partial charge on any atom is 0.211 e. The molecule has 2 rings (SSSR count). The van der Waals surface area contributed by atoms with E-state index in [1.54, 1.807) is 0 Å². The molecule has 0 amide bonds. The highest BCUT2D eigenvalue weighted by Crippen LogP contribution is 2.26. The quantitative estimate of drug-likeness (QED) is 0.301. The van der Waals surface area contributed by atoms with E-state index in [1.807, 2.05) is 18.2 Å². The molecular weight excluding hydrogens is 234 g/mol. The van der Waals surface area contributed by atoms with E-state index in [1.165, 1.54) is 0 Å². The van der Waals surface area contributed by atoms with Crippen LogP contribution in [0.25, 0.3) is 0 Å². The zero-order chi connectivity index (χ0) is 12.4. The van der Waals surface area contributed by atoms with Gasteiger partial charge in [0.15, 0.2) is 0 Å². The molecule has 0 heterocycles. The van der Waals surface area contributed by atoms with E-state index in [0.29, 0.717) is 4.99 Å². The minimum absolute atomic E-state index is 0.0450. The van der Waals surface area contributed by atoms with Crippen LogP contribution in [0.2, 0.25) is 0 Å². The van der Waals surface area contributed by atoms with Gasteiger partial charge in [0, 0.05) is 11.1 Å². The van der Waals surface area contributed by atoms with Crippen molar-refractivity contribution in [1.29, 1.82) is 0 Å². The summed E-state index contributed by atoms with van der Waals surface area (Å²) in [5.41, 5.74) is 20.1. The van der Waals surface area contributed by atoms with Crippen molar-refractivity contribution in [2.75, 3.05) is 0 Å². The van der Waals surface area contributed by atoms with E-state index in [9.17, 15) is 0 Å². The Kier molecular flexibility index (Phi) is 3.06. The van der Waals surface area contributed by atoms with Crippen molar-refractivity contribution in [3.63, 3.8) is 0 Å². The Balaban J connectivity index is 2.47. The molecule has 6 N–H and O–H groups in total. The molecule has 1 aliphatic rings. The molecule has 0 aliphatic heterocycles. The van der Waals surface area contributed by atoms with Crippen LogP contribution in [0.3, 0.4) is 0 Å². The third-order valence-electron chi connectivity index (χ3n) is 2.65. The van der Waals surface area contributed by atoms with Gasteiger partial charge >= 0.3 is 0 Å². The van der Waals surface area contributed by atoms with Crippen LogP contribution in [0.15, 0.2) is 28.4 Å². The lowest BCUT2D eigenvalue weighted by atomic mass is 10.0. The number of rotatable bonds is 2. The second kappa shape index (κ2) is 4.50. The van der Waals surface area contributed by atoms with Crippen LogP contribution in [-0.2, 0) is 6.42 Å². The van der Waals surface area contributed by atoms with Crippen molar-refractivity contribution in [3.05, 3.63) is 34.9 Å². The average Bonchev–Trinajstić information content (AvgIpc) is 2.68. The van der Waals surface area contributed by atoms with Crippen LogP contribution in [0.4, 0.5) is 0 Å². The number of hydrogen-bond acceptors (Lipinski definition) is 3. The van der Waals surface area contributed by atoms with Crippen molar-refractivity contribution in [1.82, 2.24) is 0 Å². The first kappa shape index (κ1) is 11.5. The van der Waals surface area contributed by atoms with Gasteiger partial charge in [0.05, 0.1) is 5.71 Å². The van der Waals surface area contributed by atoms with E-state index < -0.39 is 0 Å². The first-order chi connectivity index (χ1) is 8.09. The molecule has 5 nitrogen and oxygen atoms in total. The summed E-state index contributed by atoms with van der Waals surface area (Å²) >= 11 is 5.02. The van der Waals surface area contributed by atoms with Gasteiger partial charge in [-0.3, -0.25) is 0 Å². The molecule has 6 heteroatoms. The summed E-state index contributed by atoms with van der Waals surface area (Å²) in [6, 6.07) is 5.81. The zero-order valence-corrected chi connectivity index (χ0v) is 10.00. The van der Waals surface area contributed by atoms with Crippen LogP contribution in [0.5, 0.6) is 0 Å². The van der Waals surface area contributed by atoms with Crippen molar-refractivity contribution in [2.24, 2.45) is 27.4 Å². The minimum atomic E-state index is -0.0450. The molecule has 0 saturated carbocycles. The molecule has 0 aromatic heterocycles. The lowest BCUT2D eigenvalue weighted by molar-refractivity contribution is 1.07. The second-order valence-electron chi connectivity index (χ2n) is 3.77. The fourth-order valence-corrected chi connectivity index (χ4v) is 2.15. The topological polar surface area (TPSA) is 103 Å². The molecule has 0 atom stereocenters. The van der Waals surface area contributed by atoms with Gasteiger partial charge in [-0.15, -0.1) is 5.10 Å². The molecule has 1 aromatic rings. The predicted octanol–water partition coefficient (Wildman–Crippen LogP) is 0.245. The molecule has 0 unspecified atom stereocenters. The summed E-state index contributed by atoms with van der Waals surface area (Å²) in [7, 11) is 0. The number of hydrogen-bond donors (Lipinski definition) is 3. The van der Waals surface area contributed by atoms with E-state index in [0.717, 1.165) is 35.2 Å². The van der Waals surface area contributed by atoms with Gasteiger partial charge < -0.3 is 17.2 Å². The van der Waals surface area contributed by atoms with Crippen LogP contribution >= 0.6 is 12.2 Å². The average molecular weight is 247 g/mol. The Bertz CT molecular complexity index is 529. The Labute approximate surface area is 104 Å². The molecule has 0 bridgehead atoms. The smallest absolute Gasteiger partial charge is 0.211 e. The molecule has 0 fully saturated rings. The first-order valence-corrected chi connectivity index (χ1v) is 5.58. The SMILES string of the molecule is NC(=S)c1cccc2c1CCC2=NN=C(N)N. The van der Waals surface area contributed by atoms with Crippen molar-refractivity contribution in [2.45, 2.75) is 12.8 Å². The number of guanidine groups is 1. The Morgan fingerprint density at radius 3 is 2.59 bits per heavy atom. The van der Waals surface area contributed by atoms with Gasteiger partial charge in [0.1, 0.15) is 4.99 Å². The number of nitrogens with zero attached hydrogens (tertiary/aromatic N) is 2. The highest BCUT2D eigenvalue weighted by atomic mass is 32.1. The highest BCUT2D eigenvalue weighted by Gasteiger charge is 2.21. The summed E-state index contributed by atoms with van der Waals surface area (Å²) < 4.78 is 0. The number of thiocarbonyl (C=S) groups is 1. The lowest BCUT2D eigenvalue weighted by Gasteiger charge is -2.05. The van der Waals surface area contributed by atoms with Crippen LogP contribution < -0.4 is 17.2 Å². The zero-order valence-electron chi connectivity index (χ0n) is 9.18. The Morgan fingerprint density at radius 1 is 1.18 bits per heavy atom. The van der Waals surface area contributed by atoms with E-state index in [2.05, 4.69) is 10.2 Å². The molecular formula is C11H13N5S. The van der Waals surface area contributed by atoms with Gasteiger partial charge in [-0.05, 0) is 18.4 Å². The summed E-state index contributed by atoms with van der Waals surface area (Å²) in [6.07, 6.45) is 1.66. The van der Waals surface area contributed by atoms with E-state index in [4.69, 9.17) is 29.4 Å². The maximum atomic E-state index is 5.68. The number of nitrogens with two attached hydrogens (primary N) is 3. The van der Waals surface area contributed by atoms with Gasteiger partial charge in [0.25, 0.3) is 0 Å². The van der Waals surface area contributed by atoms with Crippen LogP contribution in [-0.4, -0.2) is 16.7 Å². The molecule has 0 radical (unpaired) electrons.